The molecule has 32 heavy (non-hydrogen) atoms. The standard InChI is InChI=1S/C25H29N5O2/c1-5-30(16-15-29(3)4)23-17-22(26-24(28-23)19-11-7-6-8-12-19)25(32)27-21-14-10-9-13-20(21)18(2)31/h6-14,17H,5,15-16H2,1-4H3,(H,27,32). The van der Waals surface area contributed by atoms with Crippen LogP contribution in [0.1, 0.15) is 34.7 Å². The molecule has 0 spiro atoms. The molecule has 0 atom stereocenters. The van der Waals surface area contributed by atoms with Crippen molar-refractivity contribution < 1.29 is 9.59 Å². The summed E-state index contributed by atoms with van der Waals surface area (Å²) in [6.45, 7) is 5.90. The molecule has 0 saturated heterocycles. The van der Waals surface area contributed by atoms with E-state index in [1.54, 1.807) is 30.3 Å². The highest BCUT2D eigenvalue weighted by atomic mass is 16.2. The Kier molecular flexibility index (Phi) is 7.68. The van der Waals surface area contributed by atoms with E-state index < -0.39 is 0 Å². The van der Waals surface area contributed by atoms with Crippen molar-refractivity contribution in [3.05, 3.63) is 71.9 Å². The number of benzene rings is 2. The molecule has 0 aliphatic carbocycles. The van der Waals surface area contributed by atoms with Crippen LogP contribution in [-0.4, -0.2) is 60.3 Å². The van der Waals surface area contributed by atoms with Crippen molar-refractivity contribution >= 4 is 23.2 Å². The van der Waals surface area contributed by atoms with Crippen molar-refractivity contribution in [3.8, 4) is 11.4 Å². The molecule has 3 aromatic rings. The van der Waals surface area contributed by atoms with Gasteiger partial charge in [0.25, 0.3) is 5.91 Å². The number of hydrogen-bond donors (Lipinski definition) is 1. The van der Waals surface area contributed by atoms with Gasteiger partial charge in [0.05, 0.1) is 5.69 Å². The van der Waals surface area contributed by atoms with E-state index >= 15 is 0 Å². The molecule has 0 unspecified atom stereocenters. The molecule has 0 aliphatic heterocycles. The summed E-state index contributed by atoms with van der Waals surface area (Å²) in [5.74, 6) is 0.669. The van der Waals surface area contributed by atoms with Crippen LogP contribution >= 0.6 is 0 Å². The molecule has 1 aromatic heterocycles. The van der Waals surface area contributed by atoms with Crippen LogP contribution < -0.4 is 10.2 Å². The topological polar surface area (TPSA) is 78.4 Å². The highest BCUT2D eigenvalue weighted by Gasteiger charge is 2.18. The first kappa shape index (κ1) is 23.1. The number of nitrogens with zero attached hydrogens (tertiary/aromatic N) is 4. The summed E-state index contributed by atoms with van der Waals surface area (Å²) in [6.07, 6.45) is 0. The fourth-order valence-corrected chi connectivity index (χ4v) is 3.27. The van der Waals surface area contributed by atoms with E-state index in [0.717, 1.165) is 25.2 Å². The SMILES string of the molecule is CCN(CCN(C)C)c1cc(C(=O)Nc2ccccc2C(C)=O)nc(-c2ccccc2)n1. The van der Waals surface area contributed by atoms with Gasteiger partial charge in [0.1, 0.15) is 11.5 Å². The highest BCUT2D eigenvalue weighted by Crippen LogP contribution is 2.22. The van der Waals surface area contributed by atoms with Crippen molar-refractivity contribution in [2.45, 2.75) is 13.8 Å². The molecule has 7 heteroatoms. The average Bonchev–Trinajstić information content (AvgIpc) is 2.80. The third-order valence-electron chi connectivity index (χ3n) is 5.05. The Labute approximate surface area is 189 Å². The lowest BCUT2D eigenvalue weighted by Gasteiger charge is -2.24. The number of likely N-dealkylation sites (N-methyl/N-ethyl adjacent to an activating group) is 2. The predicted octanol–water partition coefficient (Wildman–Crippen LogP) is 3.99. The van der Waals surface area contributed by atoms with E-state index in [-0.39, 0.29) is 17.4 Å². The monoisotopic (exact) mass is 431 g/mol. The lowest BCUT2D eigenvalue weighted by atomic mass is 10.1. The van der Waals surface area contributed by atoms with Crippen molar-refractivity contribution in [2.75, 3.05) is 43.9 Å². The number of ketones is 1. The van der Waals surface area contributed by atoms with Crippen molar-refractivity contribution in [2.24, 2.45) is 0 Å². The molecule has 2 aromatic carbocycles. The number of anilines is 2. The maximum atomic E-state index is 13.2. The molecule has 7 nitrogen and oxygen atoms in total. The van der Waals surface area contributed by atoms with Gasteiger partial charge >= 0.3 is 0 Å². The maximum absolute atomic E-state index is 13.2. The quantitative estimate of drug-likeness (QED) is 0.516. The van der Waals surface area contributed by atoms with E-state index in [9.17, 15) is 9.59 Å². The molecule has 0 radical (unpaired) electrons. The fourth-order valence-electron chi connectivity index (χ4n) is 3.27. The number of carbonyl (C=O) groups excluding carboxylic acids is 2. The van der Waals surface area contributed by atoms with E-state index in [1.165, 1.54) is 6.92 Å². The van der Waals surface area contributed by atoms with Crippen molar-refractivity contribution in [1.82, 2.24) is 14.9 Å². The zero-order chi connectivity index (χ0) is 23.1. The summed E-state index contributed by atoms with van der Waals surface area (Å²) in [7, 11) is 4.04. The smallest absolute Gasteiger partial charge is 0.274 e. The van der Waals surface area contributed by atoms with Crippen molar-refractivity contribution in [3.63, 3.8) is 0 Å². The van der Waals surface area contributed by atoms with Gasteiger partial charge in [-0.15, -0.1) is 0 Å². The zero-order valence-electron chi connectivity index (χ0n) is 19.0. The third-order valence-corrected chi connectivity index (χ3v) is 5.05. The first-order valence-electron chi connectivity index (χ1n) is 10.6. The van der Waals surface area contributed by atoms with E-state index in [1.807, 2.05) is 44.4 Å². The predicted molar refractivity (Wildman–Crippen MR) is 128 cm³/mol. The van der Waals surface area contributed by atoms with Gasteiger partial charge in [0.15, 0.2) is 11.6 Å². The lowest BCUT2D eigenvalue weighted by Crippen LogP contribution is -2.32. The number of hydrogen-bond acceptors (Lipinski definition) is 6. The van der Waals surface area contributed by atoms with Gasteiger partial charge in [-0.2, -0.15) is 0 Å². The Balaban J connectivity index is 2.00. The molecule has 1 N–H and O–H groups in total. The molecule has 1 heterocycles. The number of nitrogens with one attached hydrogen (secondary N) is 1. The largest absolute Gasteiger partial charge is 0.355 e. The minimum Gasteiger partial charge on any atom is -0.355 e. The summed E-state index contributed by atoms with van der Waals surface area (Å²) in [5, 5.41) is 2.84. The molecule has 1 amide bonds. The van der Waals surface area contributed by atoms with Crippen LogP contribution in [0.2, 0.25) is 0 Å². The third kappa shape index (κ3) is 5.76. The van der Waals surface area contributed by atoms with E-state index in [0.29, 0.717) is 22.9 Å². The fraction of sp³-hybridized carbons (Fsp3) is 0.280. The Morgan fingerprint density at radius 2 is 1.62 bits per heavy atom. The zero-order valence-corrected chi connectivity index (χ0v) is 19.0. The first-order chi connectivity index (χ1) is 15.4. The number of amides is 1. The van der Waals surface area contributed by atoms with E-state index in [4.69, 9.17) is 4.98 Å². The summed E-state index contributed by atoms with van der Waals surface area (Å²) >= 11 is 0. The van der Waals surface area contributed by atoms with Gasteiger partial charge in [-0.3, -0.25) is 9.59 Å². The summed E-state index contributed by atoms with van der Waals surface area (Å²) in [6, 6.07) is 18.3. The van der Waals surface area contributed by atoms with Crippen LogP contribution in [0.15, 0.2) is 60.7 Å². The molecule has 0 aliphatic rings. The molecule has 166 valence electrons. The van der Waals surface area contributed by atoms with Gasteiger partial charge in [-0.25, -0.2) is 9.97 Å². The molecule has 3 rings (SSSR count). The van der Waals surface area contributed by atoms with Gasteiger partial charge < -0.3 is 15.1 Å². The minimum atomic E-state index is -0.386. The average molecular weight is 432 g/mol. The Morgan fingerprint density at radius 3 is 2.28 bits per heavy atom. The molecule has 0 saturated carbocycles. The number of para-hydroxylation sites is 1. The van der Waals surface area contributed by atoms with Crippen LogP contribution in [0.4, 0.5) is 11.5 Å². The normalized spacial score (nSPS) is 10.8. The summed E-state index contributed by atoms with van der Waals surface area (Å²) < 4.78 is 0. The van der Waals surface area contributed by atoms with E-state index in [2.05, 4.69) is 27.0 Å². The Morgan fingerprint density at radius 1 is 0.938 bits per heavy atom. The molecule has 0 fully saturated rings. The number of rotatable bonds is 9. The number of carbonyl (C=O) groups is 2. The second-order valence-corrected chi connectivity index (χ2v) is 7.74. The lowest BCUT2D eigenvalue weighted by molar-refractivity contribution is 0.101. The Bertz CT molecular complexity index is 1080. The van der Waals surface area contributed by atoms with Gasteiger partial charge in [0, 0.05) is 36.8 Å². The number of Topliss-reactive ketones (excluding diaryl/α,β-unsaturated/α-hetero) is 1. The van der Waals surface area contributed by atoms with Gasteiger partial charge in [-0.1, -0.05) is 42.5 Å². The van der Waals surface area contributed by atoms with Gasteiger partial charge in [-0.05, 0) is 40.1 Å². The van der Waals surface area contributed by atoms with Crippen LogP contribution in [0.25, 0.3) is 11.4 Å². The van der Waals surface area contributed by atoms with Crippen LogP contribution in [-0.2, 0) is 0 Å². The Hall–Kier alpha value is -3.58. The highest BCUT2D eigenvalue weighted by molar-refractivity contribution is 6.08. The van der Waals surface area contributed by atoms with Crippen LogP contribution in [0, 0.1) is 0 Å². The van der Waals surface area contributed by atoms with Crippen LogP contribution in [0.3, 0.4) is 0 Å². The molecular formula is C25H29N5O2. The van der Waals surface area contributed by atoms with Crippen LogP contribution in [0.5, 0.6) is 0 Å². The molecule has 0 bridgehead atoms. The number of aromatic nitrogens is 2. The maximum Gasteiger partial charge on any atom is 0.274 e. The van der Waals surface area contributed by atoms with Gasteiger partial charge in [0.2, 0.25) is 0 Å². The van der Waals surface area contributed by atoms with Crippen molar-refractivity contribution in [1.29, 1.82) is 0 Å². The second kappa shape index (κ2) is 10.6. The first-order valence-corrected chi connectivity index (χ1v) is 10.6. The second-order valence-electron chi connectivity index (χ2n) is 7.74. The molecular weight excluding hydrogens is 402 g/mol. The summed E-state index contributed by atoms with van der Waals surface area (Å²) in [4.78, 5) is 38.6. The summed E-state index contributed by atoms with van der Waals surface area (Å²) in [5.41, 5.74) is 2.00. The minimum absolute atomic E-state index is 0.116.